The second kappa shape index (κ2) is 6.06. The molecule has 2 aliphatic rings. The van der Waals surface area contributed by atoms with E-state index in [1.807, 2.05) is 0 Å². The van der Waals surface area contributed by atoms with Gasteiger partial charge in [-0.1, -0.05) is 0 Å². The third-order valence-electron chi connectivity index (χ3n) is 4.35. The number of hydrogen-bond acceptors (Lipinski definition) is 4. The van der Waals surface area contributed by atoms with E-state index in [1.165, 1.54) is 0 Å². The van der Waals surface area contributed by atoms with E-state index in [2.05, 4.69) is 0 Å². The third-order valence-corrected chi connectivity index (χ3v) is 4.35. The Hall–Kier alpha value is -2.00. The molecule has 0 spiro atoms. The lowest BCUT2D eigenvalue weighted by Gasteiger charge is -2.29. The molecular weight excluding hydrogens is 351 g/mol. The zero-order chi connectivity index (χ0) is 18.5. The molecule has 9 heteroatoms. The minimum Gasteiger partial charge on any atom is -0.426 e. The van der Waals surface area contributed by atoms with Crippen LogP contribution in [0.2, 0.25) is 0 Å². The molecule has 0 amide bonds. The van der Waals surface area contributed by atoms with Crippen LogP contribution >= 0.6 is 0 Å². The quantitative estimate of drug-likeness (QED) is 0.380. The summed E-state index contributed by atoms with van der Waals surface area (Å²) >= 11 is 0. The topological polar surface area (TPSA) is 55.8 Å². The van der Waals surface area contributed by atoms with Gasteiger partial charge in [0.15, 0.2) is 23.3 Å². The van der Waals surface area contributed by atoms with Crippen molar-refractivity contribution in [2.24, 2.45) is 5.92 Å². The van der Waals surface area contributed by atoms with Gasteiger partial charge in [-0.25, -0.2) is 26.7 Å². The highest BCUT2D eigenvalue weighted by Crippen LogP contribution is 2.45. The lowest BCUT2D eigenvalue weighted by atomic mass is 9.82. The summed E-state index contributed by atoms with van der Waals surface area (Å²) in [5, 5.41) is 10.3. The predicted molar refractivity (Wildman–Crippen MR) is 73.4 cm³/mol. The Morgan fingerprint density at radius 3 is 1.96 bits per heavy atom. The summed E-state index contributed by atoms with van der Waals surface area (Å²) in [6, 6.07) is 0. The Bertz CT molecular complexity index is 752. The molecule has 1 saturated heterocycles. The molecule has 1 fully saturated rings. The first-order valence-electron chi connectivity index (χ1n) is 7.46. The van der Waals surface area contributed by atoms with Crippen molar-refractivity contribution >= 4 is 11.5 Å². The maximum absolute atomic E-state index is 14.2. The van der Waals surface area contributed by atoms with Crippen molar-refractivity contribution in [1.29, 1.82) is 0 Å². The summed E-state index contributed by atoms with van der Waals surface area (Å²) in [4.78, 5) is 12.1. The Kier molecular flexibility index (Phi) is 4.32. The van der Waals surface area contributed by atoms with E-state index in [4.69, 9.17) is 9.47 Å². The zero-order valence-corrected chi connectivity index (χ0v) is 13.0. The van der Waals surface area contributed by atoms with Gasteiger partial charge in [0, 0.05) is 25.7 Å². The molecule has 0 aliphatic carbocycles. The van der Waals surface area contributed by atoms with Gasteiger partial charge in [-0.15, -0.1) is 0 Å². The van der Waals surface area contributed by atoms with E-state index in [1.54, 1.807) is 0 Å². The Balaban J connectivity index is 2.30. The van der Waals surface area contributed by atoms with E-state index in [0.717, 1.165) is 6.92 Å². The molecular formula is C16H13F5O4. The number of rotatable bonds is 2. The number of aliphatic hydroxyl groups is 1. The molecule has 0 saturated carbocycles. The number of cyclic esters (lactones) is 1. The van der Waals surface area contributed by atoms with Crippen LogP contribution in [-0.2, 0) is 14.3 Å². The zero-order valence-electron chi connectivity index (χ0n) is 13.0. The van der Waals surface area contributed by atoms with E-state index in [9.17, 15) is 31.9 Å². The van der Waals surface area contributed by atoms with E-state index in [-0.39, 0.29) is 18.8 Å². The fraction of sp³-hybridized carbons (Fsp3) is 0.438. The first kappa shape index (κ1) is 17.8. The van der Waals surface area contributed by atoms with Gasteiger partial charge in [-0.2, -0.15) is 0 Å². The van der Waals surface area contributed by atoms with Gasteiger partial charge >= 0.3 is 5.97 Å². The van der Waals surface area contributed by atoms with Crippen molar-refractivity contribution in [3.8, 4) is 0 Å². The number of esters is 1. The van der Waals surface area contributed by atoms with Gasteiger partial charge in [-0.05, 0) is 18.8 Å². The van der Waals surface area contributed by atoms with Gasteiger partial charge < -0.3 is 14.6 Å². The molecule has 0 bridgehead atoms. The van der Waals surface area contributed by atoms with Crippen molar-refractivity contribution < 1.29 is 41.3 Å². The standard InChI is InChI=1S/C16H13F5O4/c1-16(23)9(6-2-4-24-5-3-6)7(15(22)25-16)8-10(17)12(19)14(21)13(20)11(8)18/h6,23H,2-5H2,1H3. The van der Waals surface area contributed by atoms with Crippen LogP contribution in [-0.4, -0.2) is 30.1 Å². The number of halogens is 5. The monoisotopic (exact) mass is 364 g/mol. The van der Waals surface area contributed by atoms with Crippen LogP contribution in [0.1, 0.15) is 25.3 Å². The van der Waals surface area contributed by atoms with E-state index >= 15 is 0 Å². The first-order valence-corrected chi connectivity index (χ1v) is 7.46. The van der Waals surface area contributed by atoms with Crippen molar-refractivity contribution in [2.75, 3.05) is 13.2 Å². The van der Waals surface area contributed by atoms with Crippen LogP contribution in [0.4, 0.5) is 22.0 Å². The van der Waals surface area contributed by atoms with E-state index in [0.29, 0.717) is 12.8 Å². The molecule has 3 rings (SSSR count). The SMILES string of the molecule is CC1(O)OC(=O)C(c2c(F)c(F)c(F)c(F)c2F)=C1C1CCOCC1. The third kappa shape index (κ3) is 2.71. The van der Waals surface area contributed by atoms with Crippen LogP contribution in [0.15, 0.2) is 5.57 Å². The molecule has 0 aromatic heterocycles. The summed E-state index contributed by atoms with van der Waals surface area (Å²) in [7, 11) is 0. The summed E-state index contributed by atoms with van der Waals surface area (Å²) in [6.45, 7) is 1.58. The number of hydrogen-bond donors (Lipinski definition) is 1. The predicted octanol–water partition coefficient (Wildman–Crippen LogP) is 2.83. The number of carbonyl (C=O) groups excluding carboxylic acids is 1. The molecule has 25 heavy (non-hydrogen) atoms. The largest absolute Gasteiger partial charge is 0.426 e. The van der Waals surface area contributed by atoms with Gasteiger partial charge in [-0.3, -0.25) is 0 Å². The average molecular weight is 364 g/mol. The Morgan fingerprint density at radius 1 is 0.960 bits per heavy atom. The molecule has 2 aliphatic heterocycles. The van der Waals surface area contributed by atoms with Crippen LogP contribution in [0, 0.1) is 35.0 Å². The smallest absolute Gasteiger partial charge is 0.341 e. The molecule has 1 aromatic rings. The maximum Gasteiger partial charge on any atom is 0.341 e. The van der Waals surface area contributed by atoms with Crippen LogP contribution in [0.25, 0.3) is 5.57 Å². The minimum atomic E-state index is -2.33. The van der Waals surface area contributed by atoms with E-state index < -0.39 is 57.9 Å². The Morgan fingerprint density at radius 2 is 1.44 bits per heavy atom. The van der Waals surface area contributed by atoms with Gasteiger partial charge in [0.05, 0.1) is 11.1 Å². The van der Waals surface area contributed by atoms with Crippen LogP contribution < -0.4 is 0 Å². The van der Waals surface area contributed by atoms with Crippen molar-refractivity contribution in [2.45, 2.75) is 25.6 Å². The van der Waals surface area contributed by atoms with Crippen molar-refractivity contribution in [1.82, 2.24) is 0 Å². The number of ether oxygens (including phenoxy) is 2. The molecule has 1 atom stereocenters. The molecule has 0 radical (unpaired) electrons. The molecule has 1 aromatic carbocycles. The Labute approximate surface area is 138 Å². The average Bonchev–Trinajstić information content (AvgIpc) is 2.81. The minimum absolute atomic E-state index is 0.205. The summed E-state index contributed by atoms with van der Waals surface area (Å²) in [6.07, 6.45) is 0.585. The van der Waals surface area contributed by atoms with Crippen LogP contribution in [0.3, 0.4) is 0 Å². The van der Waals surface area contributed by atoms with Crippen molar-refractivity contribution in [3.05, 3.63) is 40.2 Å². The fourth-order valence-corrected chi connectivity index (χ4v) is 3.26. The van der Waals surface area contributed by atoms with Gasteiger partial charge in [0.25, 0.3) is 0 Å². The molecule has 136 valence electrons. The highest BCUT2D eigenvalue weighted by Gasteiger charge is 2.48. The molecule has 4 nitrogen and oxygen atoms in total. The number of benzene rings is 1. The van der Waals surface area contributed by atoms with Crippen LogP contribution in [0.5, 0.6) is 0 Å². The highest BCUT2D eigenvalue weighted by molar-refractivity contribution is 6.20. The lowest BCUT2D eigenvalue weighted by molar-refractivity contribution is -0.176. The fourth-order valence-electron chi connectivity index (χ4n) is 3.26. The summed E-state index contributed by atoms with van der Waals surface area (Å²) in [5.41, 5.74) is -2.42. The number of carbonyl (C=O) groups is 1. The molecule has 2 heterocycles. The van der Waals surface area contributed by atoms with Gasteiger partial charge in [0.2, 0.25) is 11.6 Å². The second-order valence-electron chi connectivity index (χ2n) is 5.99. The first-order chi connectivity index (χ1) is 11.7. The normalized spacial score (nSPS) is 24.8. The second-order valence-corrected chi connectivity index (χ2v) is 5.99. The lowest BCUT2D eigenvalue weighted by Crippen LogP contribution is -2.33. The van der Waals surface area contributed by atoms with Crippen molar-refractivity contribution in [3.63, 3.8) is 0 Å². The highest BCUT2D eigenvalue weighted by atomic mass is 19.2. The summed E-state index contributed by atoms with van der Waals surface area (Å²) < 4.78 is 78.5. The molecule has 1 unspecified atom stereocenters. The maximum atomic E-state index is 14.2. The van der Waals surface area contributed by atoms with Gasteiger partial charge in [0.1, 0.15) is 0 Å². The summed E-state index contributed by atoms with van der Waals surface area (Å²) in [5.74, 6) is -15.1. The molecule has 1 N–H and O–H groups in total.